The molecular formula is C19H23NO2. The fraction of sp³-hybridized carbons (Fsp3) is 0.316. The minimum Gasteiger partial charge on any atom is -0.497 e. The van der Waals surface area contributed by atoms with Gasteiger partial charge in [-0.15, -0.1) is 0 Å². The van der Waals surface area contributed by atoms with Gasteiger partial charge in [-0.2, -0.15) is 0 Å². The minimum absolute atomic E-state index is 0.0125. The molecule has 0 saturated carbocycles. The second-order valence-corrected chi connectivity index (χ2v) is 5.50. The average molecular weight is 297 g/mol. The molecule has 0 aromatic heterocycles. The van der Waals surface area contributed by atoms with Crippen LogP contribution < -0.4 is 10.1 Å². The number of hydrogen-bond donors (Lipinski definition) is 1. The zero-order valence-corrected chi connectivity index (χ0v) is 13.4. The Morgan fingerprint density at radius 2 is 1.73 bits per heavy atom. The Kier molecular flexibility index (Phi) is 5.59. The molecule has 0 aliphatic carbocycles. The third kappa shape index (κ3) is 4.35. The molecule has 0 bridgehead atoms. The lowest BCUT2D eigenvalue weighted by molar-refractivity contribution is -0.115. The number of ether oxygens (including phenoxy) is 1. The Morgan fingerprint density at radius 3 is 2.27 bits per heavy atom. The van der Waals surface area contributed by atoms with Gasteiger partial charge >= 0.3 is 0 Å². The number of methoxy groups -OCH3 is 1. The number of nitrogens with one attached hydrogen (secondary N) is 1. The molecule has 0 saturated heterocycles. The molecule has 0 aliphatic rings. The van der Waals surface area contributed by atoms with Crippen LogP contribution >= 0.6 is 0 Å². The first-order valence-corrected chi connectivity index (χ1v) is 7.65. The van der Waals surface area contributed by atoms with Gasteiger partial charge in [0.2, 0.25) is 5.91 Å². The summed E-state index contributed by atoms with van der Waals surface area (Å²) in [5, 5.41) is 2.93. The Bertz CT molecular complexity index is 602. The summed E-state index contributed by atoms with van der Waals surface area (Å²) >= 11 is 0. The third-order valence-corrected chi connectivity index (χ3v) is 3.90. The first kappa shape index (κ1) is 16.1. The molecule has 2 aromatic carbocycles. The normalized spacial score (nSPS) is 11.8. The maximum Gasteiger partial charge on any atom is 0.228 e. The van der Waals surface area contributed by atoms with E-state index in [1.165, 1.54) is 5.56 Å². The molecule has 0 fully saturated rings. The van der Waals surface area contributed by atoms with Crippen LogP contribution in [0.25, 0.3) is 0 Å². The van der Waals surface area contributed by atoms with E-state index in [-0.39, 0.29) is 5.91 Å². The number of hydrogen-bond acceptors (Lipinski definition) is 2. The predicted octanol–water partition coefficient (Wildman–Crippen LogP) is 4.39. The SMILES string of the molecule is CCC(C)c1ccc(NC(=O)Cc2ccc(OC)cc2)cc1. The van der Waals surface area contributed by atoms with Crippen molar-refractivity contribution in [3.05, 3.63) is 59.7 Å². The van der Waals surface area contributed by atoms with E-state index in [0.717, 1.165) is 23.4 Å². The number of anilines is 1. The molecule has 1 unspecified atom stereocenters. The Hall–Kier alpha value is -2.29. The zero-order chi connectivity index (χ0) is 15.9. The van der Waals surface area contributed by atoms with Crippen LogP contribution in [-0.2, 0) is 11.2 Å². The molecule has 22 heavy (non-hydrogen) atoms. The molecule has 0 spiro atoms. The van der Waals surface area contributed by atoms with Crippen molar-refractivity contribution in [1.82, 2.24) is 0 Å². The molecule has 0 radical (unpaired) electrons. The van der Waals surface area contributed by atoms with Gasteiger partial charge in [-0.25, -0.2) is 0 Å². The Balaban J connectivity index is 1.93. The van der Waals surface area contributed by atoms with Crippen LogP contribution in [0.4, 0.5) is 5.69 Å². The van der Waals surface area contributed by atoms with E-state index in [2.05, 4.69) is 31.3 Å². The van der Waals surface area contributed by atoms with Crippen molar-refractivity contribution in [3.8, 4) is 5.75 Å². The number of carbonyl (C=O) groups is 1. The Morgan fingerprint density at radius 1 is 1.09 bits per heavy atom. The molecule has 3 nitrogen and oxygen atoms in total. The van der Waals surface area contributed by atoms with Crippen LogP contribution in [0, 0.1) is 0 Å². The van der Waals surface area contributed by atoms with Crippen LogP contribution in [0.3, 0.4) is 0 Å². The molecule has 2 rings (SSSR count). The van der Waals surface area contributed by atoms with Gasteiger partial charge in [0.05, 0.1) is 13.5 Å². The summed E-state index contributed by atoms with van der Waals surface area (Å²) in [4.78, 5) is 12.1. The second kappa shape index (κ2) is 7.64. The fourth-order valence-corrected chi connectivity index (χ4v) is 2.26. The number of rotatable bonds is 6. The maximum atomic E-state index is 12.1. The lowest BCUT2D eigenvalue weighted by Gasteiger charge is -2.10. The van der Waals surface area contributed by atoms with Crippen LogP contribution in [-0.4, -0.2) is 13.0 Å². The van der Waals surface area contributed by atoms with E-state index < -0.39 is 0 Å². The van der Waals surface area contributed by atoms with Gasteiger partial charge < -0.3 is 10.1 Å². The van der Waals surface area contributed by atoms with Gasteiger partial charge in [0.15, 0.2) is 0 Å². The lowest BCUT2D eigenvalue weighted by atomic mass is 9.98. The predicted molar refractivity (Wildman–Crippen MR) is 90.5 cm³/mol. The largest absolute Gasteiger partial charge is 0.497 e. The smallest absolute Gasteiger partial charge is 0.228 e. The van der Waals surface area contributed by atoms with E-state index in [1.807, 2.05) is 36.4 Å². The molecular weight excluding hydrogens is 274 g/mol. The van der Waals surface area contributed by atoms with E-state index in [4.69, 9.17) is 4.74 Å². The topological polar surface area (TPSA) is 38.3 Å². The van der Waals surface area contributed by atoms with Gasteiger partial charge in [0, 0.05) is 5.69 Å². The molecule has 1 amide bonds. The second-order valence-electron chi connectivity index (χ2n) is 5.50. The van der Waals surface area contributed by atoms with Crippen molar-refractivity contribution in [2.45, 2.75) is 32.6 Å². The van der Waals surface area contributed by atoms with Crippen molar-refractivity contribution in [2.75, 3.05) is 12.4 Å². The Labute approximate surface area is 132 Å². The standard InChI is InChI=1S/C19H23NO2/c1-4-14(2)16-7-9-17(10-8-16)20-19(21)13-15-5-11-18(22-3)12-6-15/h5-12,14H,4,13H2,1-3H3,(H,20,21). The third-order valence-electron chi connectivity index (χ3n) is 3.90. The van der Waals surface area contributed by atoms with E-state index in [0.29, 0.717) is 12.3 Å². The molecule has 2 aromatic rings. The first-order chi connectivity index (χ1) is 10.6. The number of carbonyl (C=O) groups excluding carboxylic acids is 1. The van der Waals surface area contributed by atoms with Gasteiger partial charge in [0.25, 0.3) is 0 Å². The van der Waals surface area contributed by atoms with Gasteiger partial charge in [0.1, 0.15) is 5.75 Å². The lowest BCUT2D eigenvalue weighted by Crippen LogP contribution is -2.14. The summed E-state index contributed by atoms with van der Waals surface area (Å²) < 4.78 is 5.11. The van der Waals surface area contributed by atoms with Crippen molar-refractivity contribution >= 4 is 11.6 Å². The maximum absolute atomic E-state index is 12.1. The van der Waals surface area contributed by atoms with Crippen molar-refractivity contribution in [3.63, 3.8) is 0 Å². The van der Waals surface area contributed by atoms with E-state index in [9.17, 15) is 4.79 Å². The number of benzene rings is 2. The van der Waals surface area contributed by atoms with E-state index in [1.54, 1.807) is 7.11 Å². The van der Waals surface area contributed by atoms with Crippen LogP contribution in [0.2, 0.25) is 0 Å². The highest BCUT2D eigenvalue weighted by atomic mass is 16.5. The summed E-state index contributed by atoms with van der Waals surface area (Å²) in [6.07, 6.45) is 1.47. The highest BCUT2D eigenvalue weighted by Crippen LogP contribution is 2.20. The summed E-state index contributed by atoms with van der Waals surface area (Å²) in [7, 11) is 1.63. The molecule has 0 heterocycles. The van der Waals surface area contributed by atoms with Crippen LogP contribution in [0.5, 0.6) is 5.75 Å². The summed E-state index contributed by atoms with van der Waals surface area (Å²) in [5.41, 5.74) is 3.11. The highest BCUT2D eigenvalue weighted by molar-refractivity contribution is 5.92. The van der Waals surface area contributed by atoms with Gasteiger partial charge in [-0.3, -0.25) is 4.79 Å². The fourth-order valence-electron chi connectivity index (χ4n) is 2.26. The van der Waals surface area contributed by atoms with E-state index >= 15 is 0 Å². The van der Waals surface area contributed by atoms with Crippen molar-refractivity contribution < 1.29 is 9.53 Å². The number of amides is 1. The quantitative estimate of drug-likeness (QED) is 0.858. The highest BCUT2D eigenvalue weighted by Gasteiger charge is 2.06. The van der Waals surface area contributed by atoms with Crippen molar-refractivity contribution in [1.29, 1.82) is 0 Å². The summed E-state index contributed by atoms with van der Waals surface area (Å²) in [6, 6.07) is 15.6. The molecule has 0 aliphatic heterocycles. The van der Waals surface area contributed by atoms with Gasteiger partial charge in [-0.1, -0.05) is 38.1 Å². The molecule has 3 heteroatoms. The monoisotopic (exact) mass is 297 g/mol. The summed E-state index contributed by atoms with van der Waals surface area (Å²) in [6.45, 7) is 4.38. The van der Waals surface area contributed by atoms with Gasteiger partial charge in [-0.05, 0) is 47.7 Å². The summed E-state index contributed by atoms with van der Waals surface area (Å²) in [5.74, 6) is 1.33. The average Bonchev–Trinajstić information content (AvgIpc) is 2.55. The van der Waals surface area contributed by atoms with Crippen LogP contribution in [0.15, 0.2) is 48.5 Å². The molecule has 1 atom stereocenters. The zero-order valence-electron chi connectivity index (χ0n) is 13.4. The first-order valence-electron chi connectivity index (χ1n) is 7.65. The van der Waals surface area contributed by atoms with Crippen molar-refractivity contribution in [2.24, 2.45) is 0 Å². The minimum atomic E-state index is -0.0125. The molecule has 1 N–H and O–H groups in total. The molecule has 116 valence electrons. The van der Waals surface area contributed by atoms with Crippen LogP contribution in [0.1, 0.15) is 37.3 Å².